The van der Waals surface area contributed by atoms with E-state index in [-0.39, 0.29) is 10.6 Å². The summed E-state index contributed by atoms with van der Waals surface area (Å²) < 4.78 is 27.3. The zero-order chi connectivity index (χ0) is 23.9. The van der Waals surface area contributed by atoms with Crippen LogP contribution in [0.4, 0.5) is 10.5 Å². The van der Waals surface area contributed by atoms with Gasteiger partial charge in [0.2, 0.25) is 15.9 Å². The number of nitrogens with one attached hydrogen (secondary N) is 2. The number of nitrogens with zero attached hydrogens (tertiary/aromatic N) is 2. The summed E-state index contributed by atoms with van der Waals surface area (Å²) >= 11 is 0. The molecule has 0 saturated carbocycles. The van der Waals surface area contributed by atoms with Gasteiger partial charge in [-0.2, -0.15) is 4.31 Å². The molecule has 2 aromatic rings. The molecule has 34 heavy (non-hydrogen) atoms. The van der Waals surface area contributed by atoms with Gasteiger partial charge in [0.1, 0.15) is 12.1 Å². The lowest BCUT2D eigenvalue weighted by Crippen LogP contribution is -2.43. The lowest BCUT2D eigenvalue weighted by atomic mass is 9.92. The normalized spacial score (nSPS) is 22.6. The zero-order valence-corrected chi connectivity index (χ0v) is 19.4. The first-order valence-corrected chi connectivity index (χ1v) is 12.9. The highest BCUT2D eigenvalue weighted by molar-refractivity contribution is 7.89. The van der Waals surface area contributed by atoms with Crippen molar-refractivity contribution in [3.05, 3.63) is 59.7 Å². The van der Waals surface area contributed by atoms with Gasteiger partial charge in [-0.25, -0.2) is 13.2 Å². The molecule has 9 nitrogen and oxygen atoms in total. The number of fused-ring (bicyclic) bond motifs is 2. The van der Waals surface area contributed by atoms with Crippen molar-refractivity contribution in [2.24, 2.45) is 0 Å². The molecule has 1 spiro atoms. The molecule has 3 aliphatic rings. The van der Waals surface area contributed by atoms with Crippen LogP contribution in [0.2, 0.25) is 0 Å². The highest BCUT2D eigenvalue weighted by Crippen LogP contribution is 2.41. The SMILES string of the molecule is O=C(CN1C(=O)N[C@]2(CCc3ccccc32)C1=O)Nc1cccc(S(=O)(=O)N2CCCCC2)c1. The standard InChI is InChI=1S/C24H26N4O5S/c29-21(25-18-8-6-9-19(15-18)34(32,33)27-13-4-1-5-14-27)16-28-22(30)24(26-23(28)31)12-11-17-7-2-3-10-20(17)24/h2-3,6-10,15H,1,4-5,11-14,16H2,(H,25,29)(H,26,31)/t24-/m0/s1. The van der Waals surface area contributed by atoms with Gasteiger partial charge in [0.15, 0.2) is 0 Å². The van der Waals surface area contributed by atoms with Crippen molar-refractivity contribution in [1.82, 2.24) is 14.5 Å². The van der Waals surface area contributed by atoms with E-state index >= 15 is 0 Å². The fourth-order valence-electron chi connectivity index (χ4n) is 5.07. The molecule has 0 radical (unpaired) electrons. The number of carbonyl (C=O) groups excluding carboxylic acids is 3. The van der Waals surface area contributed by atoms with Gasteiger partial charge in [-0.05, 0) is 55.0 Å². The van der Waals surface area contributed by atoms with Crippen molar-refractivity contribution in [2.75, 3.05) is 25.0 Å². The molecule has 0 aromatic heterocycles. The minimum absolute atomic E-state index is 0.101. The summed E-state index contributed by atoms with van der Waals surface area (Å²) in [6, 6.07) is 12.9. The van der Waals surface area contributed by atoms with E-state index in [2.05, 4.69) is 10.6 Å². The number of aryl methyl sites for hydroxylation is 1. The largest absolute Gasteiger partial charge is 0.325 e. The monoisotopic (exact) mass is 482 g/mol. The highest BCUT2D eigenvalue weighted by atomic mass is 32.2. The van der Waals surface area contributed by atoms with Crippen molar-refractivity contribution in [3.8, 4) is 0 Å². The number of sulfonamides is 1. The number of carbonyl (C=O) groups is 3. The van der Waals surface area contributed by atoms with E-state index in [0.717, 1.165) is 35.3 Å². The van der Waals surface area contributed by atoms with Gasteiger partial charge >= 0.3 is 6.03 Å². The van der Waals surface area contributed by atoms with Crippen molar-refractivity contribution < 1.29 is 22.8 Å². The molecule has 178 valence electrons. The Labute approximate surface area is 198 Å². The molecule has 2 aliphatic heterocycles. The Hall–Kier alpha value is -3.24. The van der Waals surface area contributed by atoms with Crippen LogP contribution in [0.5, 0.6) is 0 Å². The summed E-state index contributed by atoms with van der Waals surface area (Å²) in [6.45, 7) is 0.504. The molecule has 2 saturated heterocycles. The maximum absolute atomic E-state index is 13.2. The maximum Gasteiger partial charge on any atom is 0.325 e. The molecule has 1 atom stereocenters. The predicted molar refractivity (Wildman–Crippen MR) is 124 cm³/mol. The van der Waals surface area contributed by atoms with E-state index < -0.39 is 40.0 Å². The van der Waals surface area contributed by atoms with Gasteiger partial charge in [0.05, 0.1) is 4.90 Å². The minimum Gasteiger partial charge on any atom is -0.324 e. The number of rotatable bonds is 5. The Balaban J connectivity index is 1.29. The molecule has 5 rings (SSSR count). The summed E-state index contributed by atoms with van der Waals surface area (Å²) in [4.78, 5) is 39.6. The van der Waals surface area contributed by atoms with Crippen LogP contribution < -0.4 is 10.6 Å². The first-order chi connectivity index (χ1) is 16.3. The Morgan fingerprint density at radius 1 is 1.03 bits per heavy atom. The molecular formula is C24H26N4O5S. The lowest BCUT2D eigenvalue weighted by Gasteiger charge is -2.26. The quantitative estimate of drug-likeness (QED) is 0.634. The van der Waals surface area contributed by atoms with Crippen LogP contribution in [0.3, 0.4) is 0 Å². The van der Waals surface area contributed by atoms with E-state index in [1.165, 1.54) is 16.4 Å². The van der Waals surface area contributed by atoms with Crippen LogP contribution in [0, 0.1) is 0 Å². The minimum atomic E-state index is -3.65. The van der Waals surface area contributed by atoms with Gasteiger partial charge < -0.3 is 10.6 Å². The van der Waals surface area contributed by atoms with Gasteiger partial charge in [-0.1, -0.05) is 36.8 Å². The number of urea groups is 1. The van der Waals surface area contributed by atoms with E-state index in [4.69, 9.17) is 0 Å². The number of hydrogen-bond acceptors (Lipinski definition) is 5. The maximum atomic E-state index is 13.2. The Morgan fingerprint density at radius 3 is 2.59 bits per heavy atom. The third kappa shape index (κ3) is 3.76. The number of imide groups is 1. The van der Waals surface area contributed by atoms with E-state index in [0.29, 0.717) is 25.9 Å². The number of hydrogen-bond donors (Lipinski definition) is 2. The third-order valence-corrected chi connectivity index (χ3v) is 8.69. The third-order valence-electron chi connectivity index (χ3n) is 6.79. The second-order valence-corrected chi connectivity index (χ2v) is 10.9. The van der Waals surface area contributed by atoms with Crippen LogP contribution in [-0.2, 0) is 31.6 Å². The molecule has 0 bridgehead atoms. The summed E-state index contributed by atoms with van der Waals surface area (Å²) in [5.74, 6) is -1.03. The second kappa shape index (κ2) is 8.52. The summed E-state index contributed by atoms with van der Waals surface area (Å²) in [6.07, 6.45) is 3.78. The van der Waals surface area contributed by atoms with Crippen molar-refractivity contribution in [2.45, 2.75) is 42.5 Å². The topological polar surface area (TPSA) is 116 Å². The Morgan fingerprint density at radius 2 is 1.79 bits per heavy atom. The number of anilines is 1. The second-order valence-electron chi connectivity index (χ2n) is 8.92. The van der Waals surface area contributed by atoms with Gasteiger partial charge in [-0.15, -0.1) is 0 Å². The number of piperidine rings is 1. The Bertz CT molecular complexity index is 1270. The van der Waals surface area contributed by atoms with Gasteiger partial charge in [-0.3, -0.25) is 14.5 Å². The number of benzene rings is 2. The van der Waals surface area contributed by atoms with Gasteiger partial charge in [0.25, 0.3) is 5.91 Å². The van der Waals surface area contributed by atoms with Crippen LogP contribution in [-0.4, -0.2) is 55.1 Å². The molecule has 0 unspecified atom stereocenters. The summed E-state index contributed by atoms with van der Waals surface area (Å²) in [5, 5.41) is 5.42. The molecule has 1 aliphatic carbocycles. The Kier molecular flexibility index (Phi) is 5.65. The van der Waals surface area contributed by atoms with Crippen LogP contribution in [0.15, 0.2) is 53.4 Å². The van der Waals surface area contributed by atoms with Crippen LogP contribution in [0.1, 0.15) is 36.8 Å². The van der Waals surface area contributed by atoms with Crippen LogP contribution >= 0.6 is 0 Å². The fourth-order valence-corrected chi connectivity index (χ4v) is 6.63. The smallest absolute Gasteiger partial charge is 0.324 e. The highest BCUT2D eigenvalue weighted by Gasteiger charge is 2.55. The summed E-state index contributed by atoms with van der Waals surface area (Å²) in [5.41, 5.74) is 0.938. The van der Waals surface area contributed by atoms with Crippen molar-refractivity contribution >= 4 is 33.6 Å². The first kappa shape index (κ1) is 22.5. The molecule has 2 heterocycles. The van der Waals surface area contributed by atoms with Gasteiger partial charge in [0, 0.05) is 18.8 Å². The van der Waals surface area contributed by atoms with E-state index in [1.54, 1.807) is 12.1 Å². The average Bonchev–Trinajstić information content (AvgIpc) is 3.33. The molecule has 2 N–H and O–H groups in total. The first-order valence-electron chi connectivity index (χ1n) is 11.4. The molecule has 10 heteroatoms. The lowest BCUT2D eigenvalue weighted by molar-refractivity contribution is -0.134. The number of amides is 4. The molecule has 2 aromatic carbocycles. The molecule has 4 amide bonds. The zero-order valence-electron chi connectivity index (χ0n) is 18.6. The summed E-state index contributed by atoms with van der Waals surface area (Å²) in [7, 11) is -3.65. The van der Waals surface area contributed by atoms with E-state index in [9.17, 15) is 22.8 Å². The fraction of sp³-hybridized carbons (Fsp3) is 0.375. The van der Waals surface area contributed by atoms with Crippen LogP contribution in [0.25, 0.3) is 0 Å². The van der Waals surface area contributed by atoms with Crippen molar-refractivity contribution in [1.29, 1.82) is 0 Å². The average molecular weight is 483 g/mol. The molecular weight excluding hydrogens is 456 g/mol. The van der Waals surface area contributed by atoms with Crippen molar-refractivity contribution in [3.63, 3.8) is 0 Å². The molecule has 2 fully saturated rings. The van der Waals surface area contributed by atoms with E-state index in [1.807, 2.05) is 24.3 Å². The predicted octanol–water partition coefficient (Wildman–Crippen LogP) is 2.19.